The molecule has 0 aliphatic carbocycles. The van der Waals surface area contributed by atoms with Crippen molar-refractivity contribution in [1.82, 2.24) is 5.32 Å². The van der Waals surface area contributed by atoms with Crippen LogP contribution in [0, 0.1) is 5.82 Å². The molecular formula is C18H17FN2OS. The summed E-state index contributed by atoms with van der Waals surface area (Å²) in [7, 11) is 0. The third kappa shape index (κ3) is 3.93. The minimum atomic E-state index is -0.286. The van der Waals surface area contributed by atoms with Crippen molar-refractivity contribution >= 4 is 29.4 Å². The highest BCUT2D eigenvalue weighted by Gasteiger charge is 2.26. The zero-order valence-corrected chi connectivity index (χ0v) is 13.5. The highest BCUT2D eigenvalue weighted by Crippen LogP contribution is 2.30. The van der Waals surface area contributed by atoms with Crippen LogP contribution in [0.2, 0.25) is 0 Å². The number of rotatable bonds is 4. The van der Waals surface area contributed by atoms with Crippen molar-refractivity contribution in [2.45, 2.75) is 18.8 Å². The van der Waals surface area contributed by atoms with E-state index in [-0.39, 0.29) is 17.2 Å². The summed E-state index contributed by atoms with van der Waals surface area (Å²) in [6, 6.07) is 14.2. The molecule has 1 atom stereocenters. The lowest BCUT2D eigenvalue weighted by Gasteiger charge is -2.12. The van der Waals surface area contributed by atoms with E-state index in [1.807, 2.05) is 12.1 Å². The Hall–Kier alpha value is -2.27. The first-order valence-corrected chi connectivity index (χ1v) is 8.32. The Bertz CT molecular complexity index is 726. The molecule has 1 amide bonds. The smallest absolute Gasteiger partial charge is 0.260 e. The summed E-state index contributed by atoms with van der Waals surface area (Å²) >= 11 is 1.42. The summed E-state index contributed by atoms with van der Waals surface area (Å²) in [5, 5.41) is 6.16. The molecule has 1 fully saturated rings. The summed E-state index contributed by atoms with van der Waals surface area (Å²) in [5.74, 6) is -0.409. The lowest BCUT2D eigenvalue weighted by Crippen LogP contribution is -2.30. The molecule has 0 aromatic heterocycles. The van der Waals surface area contributed by atoms with Crippen molar-refractivity contribution in [2.75, 3.05) is 5.32 Å². The molecule has 118 valence electrons. The number of amides is 1. The minimum Gasteiger partial charge on any atom is -0.357 e. The molecule has 3 nitrogen and oxygen atoms in total. The SMILES string of the molecule is CCc1ccc(N[C@H]2NC(=O)/C(=C/c3ccc(F)cc3)S2)cc1. The topological polar surface area (TPSA) is 41.1 Å². The average Bonchev–Trinajstić information content (AvgIpc) is 2.90. The highest BCUT2D eigenvalue weighted by molar-refractivity contribution is 8.05. The van der Waals surface area contributed by atoms with Crippen molar-refractivity contribution in [3.8, 4) is 0 Å². The first-order chi connectivity index (χ1) is 11.1. The third-order valence-electron chi connectivity index (χ3n) is 3.56. The van der Waals surface area contributed by atoms with Crippen LogP contribution in [0.15, 0.2) is 53.4 Å². The molecule has 0 unspecified atom stereocenters. The van der Waals surface area contributed by atoms with E-state index < -0.39 is 0 Å². The Morgan fingerprint density at radius 2 is 1.87 bits per heavy atom. The van der Waals surface area contributed by atoms with Crippen molar-refractivity contribution in [3.05, 3.63) is 70.4 Å². The highest BCUT2D eigenvalue weighted by atomic mass is 32.2. The molecule has 2 aromatic carbocycles. The Labute approximate surface area is 139 Å². The second kappa shape index (κ2) is 6.87. The summed E-state index contributed by atoms with van der Waals surface area (Å²) in [6.07, 6.45) is 2.76. The van der Waals surface area contributed by atoms with Crippen molar-refractivity contribution < 1.29 is 9.18 Å². The van der Waals surface area contributed by atoms with Gasteiger partial charge in [-0.25, -0.2) is 4.39 Å². The van der Waals surface area contributed by atoms with Crippen LogP contribution in [0.4, 0.5) is 10.1 Å². The first kappa shape index (κ1) is 15.6. The summed E-state index contributed by atoms with van der Waals surface area (Å²) in [4.78, 5) is 12.6. The summed E-state index contributed by atoms with van der Waals surface area (Å²) in [6.45, 7) is 2.11. The molecular weight excluding hydrogens is 311 g/mol. The number of aryl methyl sites for hydroxylation is 1. The fourth-order valence-electron chi connectivity index (χ4n) is 2.26. The molecule has 0 spiro atoms. The monoisotopic (exact) mass is 328 g/mol. The quantitative estimate of drug-likeness (QED) is 0.834. The van der Waals surface area contributed by atoms with Gasteiger partial charge in [-0.05, 0) is 47.9 Å². The fourth-order valence-corrected chi connectivity index (χ4v) is 3.25. The van der Waals surface area contributed by atoms with Crippen molar-refractivity contribution in [1.29, 1.82) is 0 Å². The number of carbonyl (C=O) groups excluding carboxylic acids is 1. The van der Waals surface area contributed by atoms with Crippen LogP contribution in [0.5, 0.6) is 0 Å². The third-order valence-corrected chi connectivity index (χ3v) is 4.59. The van der Waals surface area contributed by atoms with Gasteiger partial charge < -0.3 is 10.6 Å². The molecule has 0 saturated carbocycles. The molecule has 1 saturated heterocycles. The predicted octanol–water partition coefficient (Wildman–Crippen LogP) is 3.99. The molecule has 2 N–H and O–H groups in total. The van der Waals surface area contributed by atoms with Gasteiger partial charge in [-0.1, -0.05) is 43.0 Å². The van der Waals surface area contributed by atoms with Gasteiger partial charge in [0.2, 0.25) is 0 Å². The maximum atomic E-state index is 12.9. The average molecular weight is 328 g/mol. The van der Waals surface area contributed by atoms with Crippen LogP contribution in [0.25, 0.3) is 6.08 Å². The van der Waals surface area contributed by atoms with Gasteiger partial charge in [-0.15, -0.1) is 0 Å². The molecule has 0 bridgehead atoms. The lowest BCUT2D eigenvalue weighted by molar-refractivity contribution is -0.116. The second-order valence-electron chi connectivity index (χ2n) is 5.23. The first-order valence-electron chi connectivity index (χ1n) is 7.44. The normalized spacial score (nSPS) is 19.0. The van der Waals surface area contributed by atoms with E-state index in [0.717, 1.165) is 17.7 Å². The number of hydrogen-bond donors (Lipinski definition) is 2. The number of nitrogens with one attached hydrogen (secondary N) is 2. The van der Waals surface area contributed by atoms with Crippen LogP contribution in [0.1, 0.15) is 18.1 Å². The molecule has 1 aliphatic rings. The van der Waals surface area contributed by atoms with Gasteiger partial charge in [0, 0.05) is 5.69 Å². The zero-order valence-electron chi connectivity index (χ0n) is 12.7. The molecule has 3 rings (SSSR count). The van der Waals surface area contributed by atoms with Gasteiger partial charge >= 0.3 is 0 Å². The van der Waals surface area contributed by atoms with E-state index in [4.69, 9.17) is 0 Å². The zero-order chi connectivity index (χ0) is 16.2. The van der Waals surface area contributed by atoms with Gasteiger partial charge in [0.1, 0.15) is 5.82 Å². The molecule has 1 heterocycles. The number of hydrogen-bond acceptors (Lipinski definition) is 3. The Morgan fingerprint density at radius 1 is 1.17 bits per heavy atom. The molecule has 0 radical (unpaired) electrons. The Morgan fingerprint density at radius 3 is 2.52 bits per heavy atom. The van der Waals surface area contributed by atoms with Crippen molar-refractivity contribution in [3.63, 3.8) is 0 Å². The molecule has 1 aliphatic heterocycles. The molecule has 2 aromatic rings. The maximum absolute atomic E-state index is 12.9. The van der Waals surface area contributed by atoms with Gasteiger partial charge in [0.15, 0.2) is 5.50 Å². The number of thioether (sulfide) groups is 1. The number of anilines is 1. The standard InChI is InChI=1S/C18H17FN2OS/c1-2-12-5-9-15(10-6-12)20-18-21-17(22)16(23-18)11-13-3-7-14(19)8-4-13/h3-11,18,20H,2H2,1H3,(H,21,22)/b16-11-/t18-/m0/s1. The maximum Gasteiger partial charge on any atom is 0.260 e. The van der Waals surface area contributed by atoms with Gasteiger partial charge in [0.05, 0.1) is 4.91 Å². The summed E-state index contributed by atoms with van der Waals surface area (Å²) in [5.41, 5.74) is 2.83. The van der Waals surface area contributed by atoms with E-state index in [1.54, 1.807) is 18.2 Å². The largest absolute Gasteiger partial charge is 0.357 e. The van der Waals surface area contributed by atoms with Gasteiger partial charge in [0.25, 0.3) is 5.91 Å². The molecule has 23 heavy (non-hydrogen) atoms. The van der Waals surface area contributed by atoms with Crippen molar-refractivity contribution in [2.24, 2.45) is 0 Å². The second-order valence-corrected chi connectivity index (χ2v) is 6.37. The lowest BCUT2D eigenvalue weighted by atomic mass is 10.1. The van der Waals surface area contributed by atoms with Gasteiger partial charge in [-0.3, -0.25) is 4.79 Å². The van der Waals surface area contributed by atoms with E-state index in [9.17, 15) is 9.18 Å². The number of benzene rings is 2. The number of halogens is 1. The minimum absolute atomic E-state index is 0.123. The number of carbonyl (C=O) groups is 1. The van der Waals surface area contributed by atoms with Crippen LogP contribution < -0.4 is 10.6 Å². The van der Waals surface area contributed by atoms with Crippen LogP contribution in [-0.4, -0.2) is 11.4 Å². The predicted molar refractivity (Wildman–Crippen MR) is 93.3 cm³/mol. The summed E-state index contributed by atoms with van der Waals surface area (Å²) < 4.78 is 12.9. The van der Waals surface area contributed by atoms with E-state index in [0.29, 0.717) is 4.91 Å². The van der Waals surface area contributed by atoms with Gasteiger partial charge in [-0.2, -0.15) is 0 Å². The fraction of sp³-hybridized carbons (Fsp3) is 0.167. The van der Waals surface area contributed by atoms with Crippen LogP contribution >= 0.6 is 11.8 Å². The van der Waals surface area contributed by atoms with Crippen LogP contribution in [-0.2, 0) is 11.2 Å². The molecule has 5 heteroatoms. The van der Waals surface area contributed by atoms with E-state index in [2.05, 4.69) is 29.7 Å². The Kier molecular flexibility index (Phi) is 4.67. The Balaban J connectivity index is 1.67. The van der Waals surface area contributed by atoms with E-state index >= 15 is 0 Å². The van der Waals surface area contributed by atoms with E-state index in [1.165, 1.54) is 29.5 Å². The van der Waals surface area contributed by atoms with Crippen LogP contribution in [0.3, 0.4) is 0 Å².